The van der Waals surface area contributed by atoms with Gasteiger partial charge in [0, 0.05) is 0 Å². The molecule has 21 nitrogen and oxygen atoms in total. The van der Waals surface area contributed by atoms with Crippen molar-refractivity contribution in [3.8, 4) is 0 Å². The molecule has 278 valence electrons. The summed E-state index contributed by atoms with van der Waals surface area (Å²) in [6, 6.07) is -6.11. The predicted molar refractivity (Wildman–Crippen MR) is 172 cm³/mol. The Labute approximate surface area is 283 Å². The molecule has 0 saturated heterocycles. The Morgan fingerprint density at radius 1 is 0.571 bits per heavy atom. The number of aliphatic carboxylic acids is 1. The Bertz CT molecular complexity index is 1180. The second kappa shape index (κ2) is 23.4. The number of carboxylic acids is 1. The maximum atomic E-state index is 12.9. The molecular formula is C28H50N10O11. The van der Waals surface area contributed by atoms with Gasteiger partial charge < -0.3 is 64.2 Å². The summed E-state index contributed by atoms with van der Waals surface area (Å²) < 4.78 is 0. The molecule has 21 heteroatoms. The van der Waals surface area contributed by atoms with Gasteiger partial charge in [0.15, 0.2) is 0 Å². The standard InChI is InChI=1S/C28H50N10O11/c1-14(2)23(38-22(43)11-31-20(41)10-32-24(44)15(3)34-19(40)9-30)27(47)33-12-21(42)36-17(7-5-6-8-29)25(45)37-18(13-39)26(46)35-16(4)28(48)49/h14-18,23,39H,5-13,29-30H2,1-4H3,(H,31,41)(H,32,44)(H,33,47)(H,34,40)(H,35,46)(H,36,42)(H,37,45)(H,38,43)(H,48,49)/t15-,16-,17-,18-,23-/m0/s1. The molecular weight excluding hydrogens is 652 g/mol. The van der Waals surface area contributed by atoms with E-state index in [-0.39, 0.29) is 13.0 Å². The minimum Gasteiger partial charge on any atom is -0.480 e. The van der Waals surface area contributed by atoms with E-state index in [2.05, 4.69) is 42.5 Å². The molecule has 0 radical (unpaired) electrons. The van der Waals surface area contributed by atoms with Crippen molar-refractivity contribution in [1.82, 2.24) is 42.5 Å². The maximum absolute atomic E-state index is 12.9. The lowest BCUT2D eigenvalue weighted by atomic mass is 10.0. The number of aliphatic hydroxyl groups excluding tert-OH is 1. The average molecular weight is 703 g/mol. The Morgan fingerprint density at radius 2 is 1.12 bits per heavy atom. The Hall–Kier alpha value is -4.89. The fraction of sp³-hybridized carbons (Fsp3) is 0.679. The summed E-state index contributed by atoms with van der Waals surface area (Å²) >= 11 is 0. The van der Waals surface area contributed by atoms with Crippen LogP contribution < -0.4 is 54.0 Å². The summed E-state index contributed by atoms with van der Waals surface area (Å²) in [6.07, 6.45) is 0.969. The number of amides is 8. The van der Waals surface area contributed by atoms with Gasteiger partial charge >= 0.3 is 5.97 Å². The molecule has 0 aliphatic rings. The van der Waals surface area contributed by atoms with Crippen molar-refractivity contribution in [2.24, 2.45) is 17.4 Å². The Kier molecular flexibility index (Phi) is 21.1. The van der Waals surface area contributed by atoms with Crippen molar-refractivity contribution < 1.29 is 53.4 Å². The van der Waals surface area contributed by atoms with Crippen molar-refractivity contribution in [1.29, 1.82) is 0 Å². The zero-order valence-corrected chi connectivity index (χ0v) is 28.1. The van der Waals surface area contributed by atoms with Crippen molar-refractivity contribution in [2.45, 2.75) is 77.2 Å². The number of aliphatic hydroxyl groups is 1. The fourth-order valence-corrected chi connectivity index (χ4v) is 3.81. The van der Waals surface area contributed by atoms with Gasteiger partial charge in [-0.15, -0.1) is 0 Å². The molecule has 0 aliphatic heterocycles. The summed E-state index contributed by atoms with van der Waals surface area (Å²) in [5, 5.41) is 37.0. The number of carbonyl (C=O) groups is 9. The van der Waals surface area contributed by atoms with Gasteiger partial charge in [-0.2, -0.15) is 0 Å². The van der Waals surface area contributed by atoms with E-state index >= 15 is 0 Å². The number of rotatable bonds is 23. The Balaban J connectivity index is 5.09. The largest absolute Gasteiger partial charge is 0.480 e. The highest BCUT2D eigenvalue weighted by Gasteiger charge is 2.29. The molecule has 0 unspecified atom stereocenters. The van der Waals surface area contributed by atoms with E-state index in [1.54, 1.807) is 13.8 Å². The third-order valence-corrected chi connectivity index (χ3v) is 6.66. The van der Waals surface area contributed by atoms with Crippen LogP contribution in [0.25, 0.3) is 0 Å². The molecule has 49 heavy (non-hydrogen) atoms. The van der Waals surface area contributed by atoms with Gasteiger partial charge in [0.25, 0.3) is 0 Å². The normalized spacial score (nSPS) is 13.7. The molecule has 5 atom stereocenters. The second-order valence-corrected chi connectivity index (χ2v) is 11.2. The molecule has 0 aromatic rings. The first-order valence-corrected chi connectivity index (χ1v) is 15.5. The molecule has 14 N–H and O–H groups in total. The van der Waals surface area contributed by atoms with Gasteiger partial charge in [0.2, 0.25) is 47.3 Å². The van der Waals surface area contributed by atoms with Crippen LogP contribution in [-0.4, -0.2) is 133 Å². The van der Waals surface area contributed by atoms with Gasteiger partial charge in [-0.3, -0.25) is 43.2 Å². The number of carboxylic acid groups (broad SMARTS) is 1. The minimum atomic E-state index is -1.51. The molecule has 0 spiro atoms. The van der Waals surface area contributed by atoms with Crippen LogP contribution in [0, 0.1) is 5.92 Å². The van der Waals surface area contributed by atoms with E-state index < -0.39 is 116 Å². The summed E-state index contributed by atoms with van der Waals surface area (Å²) in [6.45, 7) is 3.27. The average Bonchev–Trinajstić information content (AvgIpc) is 3.05. The molecule has 0 rings (SSSR count). The smallest absolute Gasteiger partial charge is 0.325 e. The molecule has 0 saturated carbocycles. The van der Waals surface area contributed by atoms with E-state index in [9.17, 15) is 48.3 Å². The van der Waals surface area contributed by atoms with Crippen LogP contribution in [0.4, 0.5) is 0 Å². The van der Waals surface area contributed by atoms with E-state index in [1.807, 2.05) is 0 Å². The van der Waals surface area contributed by atoms with Crippen molar-refractivity contribution >= 4 is 53.2 Å². The van der Waals surface area contributed by atoms with E-state index in [0.717, 1.165) is 0 Å². The van der Waals surface area contributed by atoms with E-state index in [1.165, 1.54) is 13.8 Å². The van der Waals surface area contributed by atoms with Crippen LogP contribution in [0.2, 0.25) is 0 Å². The first-order valence-electron chi connectivity index (χ1n) is 15.5. The molecule has 0 aromatic carbocycles. The fourth-order valence-electron chi connectivity index (χ4n) is 3.81. The number of nitrogens with one attached hydrogen (secondary N) is 8. The number of unbranched alkanes of at least 4 members (excludes halogenated alkanes) is 1. The maximum Gasteiger partial charge on any atom is 0.325 e. The number of nitrogens with two attached hydrogens (primary N) is 2. The zero-order valence-electron chi connectivity index (χ0n) is 28.1. The van der Waals surface area contributed by atoms with Crippen LogP contribution in [0.3, 0.4) is 0 Å². The highest BCUT2D eigenvalue weighted by molar-refractivity contribution is 5.96. The lowest BCUT2D eigenvalue weighted by Gasteiger charge is -2.24. The van der Waals surface area contributed by atoms with Crippen LogP contribution in [0.5, 0.6) is 0 Å². The first-order chi connectivity index (χ1) is 23.0. The van der Waals surface area contributed by atoms with Crippen LogP contribution in [-0.2, 0) is 43.2 Å². The van der Waals surface area contributed by atoms with Gasteiger partial charge in [0.05, 0.1) is 32.8 Å². The van der Waals surface area contributed by atoms with Crippen LogP contribution in [0.15, 0.2) is 0 Å². The summed E-state index contributed by atoms with van der Waals surface area (Å²) in [4.78, 5) is 110. The van der Waals surface area contributed by atoms with Gasteiger partial charge in [0.1, 0.15) is 30.2 Å². The third kappa shape index (κ3) is 18.3. The predicted octanol–water partition coefficient (Wildman–Crippen LogP) is -6.38. The lowest BCUT2D eigenvalue weighted by molar-refractivity contribution is -0.142. The lowest BCUT2D eigenvalue weighted by Crippen LogP contribution is -2.57. The first kappa shape index (κ1) is 44.1. The minimum absolute atomic E-state index is 0.0813. The highest BCUT2D eigenvalue weighted by atomic mass is 16.4. The SMILES string of the molecule is CC(C)[C@H](NC(=O)CNC(=O)CNC(=O)[C@H](C)NC(=O)CN)C(=O)NCC(=O)N[C@@H](CCCCN)C(=O)N[C@@H](CO)C(=O)N[C@@H](C)C(=O)O. The molecule has 8 amide bonds. The molecule has 0 aliphatic carbocycles. The summed E-state index contributed by atoms with van der Waals surface area (Å²) in [5.41, 5.74) is 10.7. The monoisotopic (exact) mass is 702 g/mol. The highest BCUT2D eigenvalue weighted by Crippen LogP contribution is 2.04. The molecule has 0 bridgehead atoms. The molecule has 0 heterocycles. The van der Waals surface area contributed by atoms with E-state index in [4.69, 9.17) is 16.6 Å². The number of hydrogen-bond donors (Lipinski definition) is 12. The molecule has 0 fully saturated rings. The van der Waals surface area contributed by atoms with Crippen molar-refractivity contribution in [2.75, 3.05) is 39.3 Å². The van der Waals surface area contributed by atoms with Crippen LogP contribution in [0.1, 0.15) is 47.0 Å². The number of carbonyl (C=O) groups excluding carboxylic acids is 8. The van der Waals surface area contributed by atoms with Crippen molar-refractivity contribution in [3.05, 3.63) is 0 Å². The van der Waals surface area contributed by atoms with Crippen LogP contribution >= 0.6 is 0 Å². The second-order valence-electron chi connectivity index (χ2n) is 11.2. The number of hydrogen-bond acceptors (Lipinski definition) is 12. The topological polar surface area (TPSA) is 342 Å². The van der Waals surface area contributed by atoms with Gasteiger partial charge in [-0.1, -0.05) is 13.8 Å². The van der Waals surface area contributed by atoms with Gasteiger partial charge in [-0.05, 0) is 45.6 Å². The summed E-state index contributed by atoms with van der Waals surface area (Å²) in [5.74, 6) is -7.87. The zero-order chi connectivity index (χ0) is 37.7. The third-order valence-electron chi connectivity index (χ3n) is 6.66. The van der Waals surface area contributed by atoms with Crippen molar-refractivity contribution in [3.63, 3.8) is 0 Å². The molecule has 0 aromatic heterocycles. The quantitative estimate of drug-likeness (QED) is 0.0441. The van der Waals surface area contributed by atoms with Gasteiger partial charge in [-0.25, -0.2) is 0 Å². The Morgan fingerprint density at radius 3 is 1.67 bits per heavy atom. The summed E-state index contributed by atoms with van der Waals surface area (Å²) in [7, 11) is 0. The van der Waals surface area contributed by atoms with E-state index in [0.29, 0.717) is 19.4 Å².